The summed E-state index contributed by atoms with van der Waals surface area (Å²) in [7, 11) is 0. The predicted octanol–water partition coefficient (Wildman–Crippen LogP) is 1.77. The topological polar surface area (TPSA) is 78.7 Å². The summed E-state index contributed by atoms with van der Waals surface area (Å²) in [6.45, 7) is 4.08. The predicted molar refractivity (Wildman–Crippen MR) is 85.2 cm³/mol. The van der Waals surface area contributed by atoms with E-state index in [9.17, 15) is 4.79 Å². The number of hydroxylamine groups is 1. The van der Waals surface area contributed by atoms with E-state index in [1.54, 1.807) is 17.2 Å². The van der Waals surface area contributed by atoms with E-state index < -0.39 is 5.91 Å². The zero-order chi connectivity index (χ0) is 15.4. The molecule has 1 amide bonds. The first-order valence-corrected chi connectivity index (χ1v) is 8.10. The Morgan fingerprint density at radius 2 is 2.19 bits per heavy atom. The van der Waals surface area contributed by atoms with Crippen LogP contribution in [0.2, 0.25) is 0 Å². The second kappa shape index (κ2) is 6.82. The maximum Gasteiger partial charge on any atom is 0.262 e. The summed E-state index contributed by atoms with van der Waals surface area (Å²) in [6, 6.07) is 4.13. The third-order valence-electron chi connectivity index (χ3n) is 3.23. The van der Waals surface area contributed by atoms with Gasteiger partial charge in [-0.15, -0.1) is 0 Å². The molecule has 21 heavy (non-hydrogen) atoms. The molecule has 0 atom stereocenters. The lowest BCUT2D eigenvalue weighted by Crippen LogP contribution is -2.27. The fraction of sp³-hybridized carbons (Fsp3) is 0.429. The molecule has 2 aromatic rings. The van der Waals surface area contributed by atoms with Crippen molar-refractivity contribution in [3.63, 3.8) is 0 Å². The summed E-state index contributed by atoms with van der Waals surface area (Å²) in [4.78, 5) is 15.8. The molecule has 0 saturated carbocycles. The van der Waals surface area contributed by atoms with Crippen LogP contribution in [-0.2, 0) is 11.2 Å². The van der Waals surface area contributed by atoms with Gasteiger partial charge < -0.3 is 5.32 Å². The molecule has 0 aliphatic carbocycles. The van der Waals surface area contributed by atoms with Crippen LogP contribution in [-0.4, -0.2) is 39.1 Å². The first-order chi connectivity index (χ1) is 10.1. The standard InChI is InChI=1S/C14H20N4O2S/c1-9-6-10(2)18-11(4-5-21-3)14(16-12(18)7-9)15-8-13(19)17-20/h6-7,15,20H,4-5,8H2,1-3H3,(H,17,19). The largest absolute Gasteiger partial charge is 0.359 e. The second-order valence-corrected chi connectivity index (χ2v) is 5.89. The number of thioether (sulfide) groups is 1. The quantitative estimate of drug-likeness (QED) is 0.560. The molecule has 114 valence electrons. The lowest BCUT2D eigenvalue weighted by molar-refractivity contribution is -0.127. The summed E-state index contributed by atoms with van der Waals surface area (Å²) in [6.07, 6.45) is 2.92. The van der Waals surface area contributed by atoms with Gasteiger partial charge in [0.1, 0.15) is 11.5 Å². The highest BCUT2D eigenvalue weighted by Gasteiger charge is 2.14. The molecule has 2 heterocycles. The number of imidazole rings is 1. The van der Waals surface area contributed by atoms with Gasteiger partial charge in [-0.3, -0.25) is 14.4 Å². The molecule has 0 saturated heterocycles. The summed E-state index contributed by atoms with van der Waals surface area (Å²) in [5.41, 5.74) is 5.81. The maximum atomic E-state index is 11.2. The lowest BCUT2D eigenvalue weighted by Gasteiger charge is -2.08. The van der Waals surface area contributed by atoms with Crippen molar-refractivity contribution in [2.45, 2.75) is 20.3 Å². The molecular weight excluding hydrogens is 288 g/mol. The molecule has 0 aliphatic rings. The SMILES string of the molecule is CSCCc1c(NCC(=O)NO)nc2cc(C)cc(C)n12. The first kappa shape index (κ1) is 15.7. The Morgan fingerprint density at radius 3 is 2.86 bits per heavy atom. The minimum Gasteiger partial charge on any atom is -0.359 e. The summed E-state index contributed by atoms with van der Waals surface area (Å²) in [5.74, 6) is 1.18. The zero-order valence-corrected chi connectivity index (χ0v) is 13.3. The molecule has 0 aromatic carbocycles. The van der Waals surface area contributed by atoms with Gasteiger partial charge in [-0.05, 0) is 43.6 Å². The highest BCUT2D eigenvalue weighted by molar-refractivity contribution is 7.98. The normalized spacial score (nSPS) is 10.9. The number of anilines is 1. The van der Waals surface area contributed by atoms with Crippen LogP contribution in [0.5, 0.6) is 0 Å². The number of nitrogens with zero attached hydrogens (tertiary/aromatic N) is 2. The summed E-state index contributed by atoms with van der Waals surface area (Å²) < 4.78 is 2.11. The van der Waals surface area contributed by atoms with Crippen LogP contribution in [0, 0.1) is 13.8 Å². The number of carbonyl (C=O) groups is 1. The Bertz CT molecular complexity index is 654. The van der Waals surface area contributed by atoms with E-state index >= 15 is 0 Å². The van der Waals surface area contributed by atoms with Crippen LogP contribution in [0.3, 0.4) is 0 Å². The molecular formula is C14H20N4O2S. The fourth-order valence-electron chi connectivity index (χ4n) is 2.38. The minimum absolute atomic E-state index is 0.00925. The lowest BCUT2D eigenvalue weighted by atomic mass is 10.2. The molecule has 2 rings (SSSR count). The van der Waals surface area contributed by atoms with Crippen molar-refractivity contribution in [1.82, 2.24) is 14.9 Å². The van der Waals surface area contributed by atoms with Crippen molar-refractivity contribution in [3.8, 4) is 0 Å². The van der Waals surface area contributed by atoms with Gasteiger partial charge >= 0.3 is 0 Å². The molecule has 6 nitrogen and oxygen atoms in total. The number of hydrogen-bond donors (Lipinski definition) is 3. The van der Waals surface area contributed by atoms with E-state index in [1.807, 2.05) is 13.0 Å². The monoisotopic (exact) mass is 308 g/mol. The van der Waals surface area contributed by atoms with E-state index in [0.29, 0.717) is 5.82 Å². The Labute approximate surface area is 127 Å². The van der Waals surface area contributed by atoms with Crippen molar-refractivity contribution in [1.29, 1.82) is 0 Å². The van der Waals surface area contributed by atoms with E-state index in [0.717, 1.165) is 34.8 Å². The highest BCUT2D eigenvalue weighted by Crippen LogP contribution is 2.22. The Kier molecular flexibility index (Phi) is 5.08. The zero-order valence-electron chi connectivity index (χ0n) is 12.4. The number of pyridine rings is 1. The van der Waals surface area contributed by atoms with Gasteiger partial charge in [0.2, 0.25) is 0 Å². The van der Waals surface area contributed by atoms with Gasteiger partial charge in [0.05, 0.1) is 12.2 Å². The summed E-state index contributed by atoms with van der Waals surface area (Å²) >= 11 is 1.77. The number of nitrogens with one attached hydrogen (secondary N) is 2. The van der Waals surface area contributed by atoms with Gasteiger partial charge in [0, 0.05) is 12.1 Å². The molecule has 0 unspecified atom stereocenters. The highest BCUT2D eigenvalue weighted by atomic mass is 32.2. The number of amides is 1. The Hall–Kier alpha value is -1.73. The van der Waals surface area contributed by atoms with Gasteiger partial charge in [-0.2, -0.15) is 11.8 Å². The number of rotatable bonds is 6. The van der Waals surface area contributed by atoms with Gasteiger partial charge in [0.15, 0.2) is 0 Å². The van der Waals surface area contributed by atoms with Gasteiger partial charge in [0.25, 0.3) is 5.91 Å². The number of fused-ring (bicyclic) bond motifs is 1. The van der Waals surface area contributed by atoms with Crippen LogP contribution in [0.15, 0.2) is 12.1 Å². The summed E-state index contributed by atoms with van der Waals surface area (Å²) in [5, 5.41) is 11.6. The number of aromatic nitrogens is 2. The molecule has 0 fully saturated rings. The molecule has 0 spiro atoms. The van der Waals surface area contributed by atoms with Gasteiger partial charge in [-0.1, -0.05) is 0 Å². The molecule has 0 radical (unpaired) electrons. The molecule has 2 aromatic heterocycles. The average Bonchev–Trinajstić information content (AvgIpc) is 2.80. The van der Waals surface area contributed by atoms with E-state index in [-0.39, 0.29) is 6.54 Å². The average molecular weight is 308 g/mol. The van der Waals surface area contributed by atoms with Crippen LogP contribution in [0.25, 0.3) is 5.65 Å². The van der Waals surface area contributed by atoms with E-state index in [1.165, 1.54) is 0 Å². The van der Waals surface area contributed by atoms with E-state index in [4.69, 9.17) is 5.21 Å². The van der Waals surface area contributed by atoms with Crippen LogP contribution >= 0.6 is 11.8 Å². The van der Waals surface area contributed by atoms with Crippen LogP contribution in [0.1, 0.15) is 17.0 Å². The van der Waals surface area contributed by atoms with Crippen molar-refractivity contribution >= 4 is 29.1 Å². The van der Waals surface area contributed by atoms with E-state index in [2.05, 4.69) is 33.9 Å². The molecule has 0 aliphatic heterocycles. The molecule has 0 bridgehead atoms. The third-order valence-corrected chi connectivity index (χ3v) is 3.84. The fourth-order valence-corrected chi connectivity index (χ4v) is 2.77. The van der Waals surface area contributed by atoms with Crippen molar-refractivity contribution in [2.24, 2.45) is 0 Å². The van der Waals surface area contributed by atoms with Crippen molar-refractivity contribution < 1.29 is 10.0 Å². The molecule has 3 N–H and O–H groups in total. The third kappa shape index (κ3) is 3.48. The molecule has 7 heteroatoms. The van der Waals surface area contributed by atoms with Gasteiger partial charge in [-0.25, -0.2) is 10.5 Å². The van der Waals surface area contributed by atoms with Crippen LogP contribution in [0.4, 0.5) is 5.82 Å². The Morgan fingerprint density at radius 1 is 1.43 bits per heavy atom. The first-order valence-electron chi connectivity index (χ1n) is 6.71. The van der Waals surface area contributed by atoms with Crippen molar-refractivity contribution in [2.75, 3.05) is 23.9 Å². The Balaban J connectivity index is 2.42. The second-order valence-electron chi connectivity index (χ2n) is 4.91. The van der Waals surface area contributed by atoms with Crippen LogP contribution < -0.4 is 10.8 Å². The van der Waals surface area contributed by atoms with Crippen molar-refractivity contribution in [3.05, 3.63) is 29.1 Å². The number of carbonyl (C=O) groups excluding carboxylic acids is 1. The number of aryl methyl sites for hydroxylation is 3. The maximum absolute atomic E-state index is 11.2. The smallest absolute Gasteiger partial charge is 0.262 e. The number of hydrogen-bond acceptors (Lipinski definition) is 5. The minimum atomic E-state index is -0.490.